The molecule has 1 aromatic carbocycles. The Morgan fingerprint density at radius 2 is 2.16 bits per heavy atom. The summed E-state index contributed by atoms with van der Waals surface area (Å²) in [5.41, 5.74) is 2.28. The molecule has 1 atom stereocenters. The molecule has 3 rings (SSSR count). The van der Waals surface area contributed by atoms with Crippen molar-refractivity contribution < 1.29 is 5.11 Å². The van der Waals surface area contributed by atoms with E-state index in [9.17, 15) is 5.11 Å². The van der Waals surface area contributed by atoms with Gasteiger partial charge in [0.25, 0.3) is 0 Å². The number of aliphatic hydroxyl groups excluding tert-OH is 1. The number of para-hydroxylation sites is 2. The number of nitrogens with zero attached hydrogens (tertiary/aromatic N) is 3. The molecule has 1 N–H and O–H groups in total. The molecule has 102 valence electrons. The number of benzene rings is 1. The lowest BCUT2D eigenvalue weighted by atomic mass is 10.2. The van der Waals surface area contributed by atoms with Gasteiger partial charge in [0, 0.05) is 19.1 Å². The highest BCUT2D eigenvalue weighted by molar-refractivity contribution is 5.75. The zero-order valence-electron chi connectivity index (χ0n) is 11.4. The third kappa shape index (κ3) is 2.38. The maximum Gasteiger partial charge on any atom is 0.106 e. The average molecular weight is 259 g/mol. The van der Waals surface area contributed by atoms with E-state index in [-0.39, 0.29) is 6.61 Å². The molecule has 1 fully saturated rings. The van der Waals surface area contributed by atoms with Gasteiger partial charge in [0.1, 0.15) is 5.82 Å². The van der Waals surface area contributed by atoms with Crippen LogP contribution in [0.3, 0.4) is 0 Å². The van der Waals surface area contributed by atoms with Crippen molar-refractivity contribution in [1.29, 1.82) is 0 Å². The molecule has 0 amide bonds. The van der Waals surface area contributed by atoms with Crippen LogP contribution in [0, 0.1) is 6.92 Å². The van der Waals surface area contributed by atoms with Crippen LogP contribution in [-0.4, -0.2) is 45.3 Å². The van der Waals surface area contributed by atoms with E-state index in [1.807, 2.05) is 6.07 Å². The van der Waals surface area contributed by atoms with Crippen molar-refractivity contribution in [2.24, 2.45) is 0 Å². The quantitative estimate of drug-likeness (QED) is 0.910. The van der Waals surface area contributed by atoms with Crippen LogP contribution in [0.1, 0.15) is 18.7 Å². The van der Waals surface area contributed by atoms with E-state index >= 15 is 0 Å². The fourth-order valence-electron chi connectivity index (χ4n) is 3.10. The largest absolute Gasteiger partial charge is 0.395 e. The van der Waals surface area contributed by atoms with Gasteiger partial charge in [0.05, 0.1) is 17.6 Å². The van der Waals surface area contributed by atoms with Gasteiger partial charge in [-0.15, -0.1) is 0 Å². The van der Waals surface area contributed by atoms with Crippen molar-refractivity contribution in [2.45, 2.75) is 32.4 Å². The van der Waals surface area contributed by atoms with Crippen LogP contribution in [0.2, 0.25) is 0 Å². The van der Waals surface area contributed by atoms with Crippen LogP contribution in [0.15, 0.2) is 24.3 Å². The molecule has 0 aliphatic carbocycles. The molecule has 0 unspecified atom stereocenters. The van der Waals surface area contributed by atoms with E-state index in [0.717, 1.165) is 37.4 Å². The minimum atomic E-state index is 0.281. The SMILES string of the molecule is Cc1nc2ccccc2n1CCN1CCC[C@@H]1CO. The van der Waals surface area contributed by atoms with E-state index in [0.29, 0.717) is 6.04 Å². The van der Waals surface area contributed by atoms with E-state index in [1.54, 1.807) is 0 Å². The molecule has 19 heavy (non-hydrogen) atoms. The maximum atomic E-state index is 9.36. The molecule has 4 nitrogen and oxygen atoms in total. The second-order valence-corrected chi connectivity index (χ2v) is 5.31. The van der Waals surface area contributed by atoms with Gasteiger partial charge in [-0.1, -0.05) is 12.1 Å². The number of hydrogen-bond acceptors (Lipinski definition) is 3. The molecule has 1 aliphatic heterocycles. The Bertz CT molecular complexity index is 564. The monoisotopic (exact) mass is 259 g/mol. The van der Waals surface area contributed by atoms with Crippen molar-refractivity contribution in [3.05, 3.63) is 30.1 Å². The van der Waals surface area contributed by atoms with Crippen molar-refractivity contribution in [1.82, 2.24) is 14.5 Å². The first-order valence-corrected chi connectivity index (χ1v) is 7.06. The third-order valence-electron chi connectivity index (χ3n) is 4.17. The summed E-state index contributed by atoms with van der Waals surface area (Å²) in [5.74, 6) is 1.07. The van der Waals surface area contributed by atoms with Crippen LogP contribution in [-0.2, 0) is 6.54 Å². The zero-order chi connectivity index (χ0) is 13.2. The topological polar surface area (TPSA) is 41.3 Å². The Hall–Kier alpha value is -1.39. The summed E-state index contributed by atoms with van der Waals surface area (Å²) >= 11 is 0. The van der Waals surface area contributed by atoms with Crippen molar-refractivity contribution in [2.75, 3.05) is 19.7 Å². The molecule has 0 radical (unpaired) electrons. The Balaban J connectivity index is 1.76. The predicted molar refractivity (Wildman–Crippen MR) is 76.2 cm³/mol. The lowest BCUT2D eigenvalue weighted by Crippen LogP contribution is -2.34. The highest BCUT2D eigenvalue weighted by atomic mass is 16.3. The maximum absolute atomic E-state index is 9.36. The minimum Gasteiger partial charge on any atom is -0.395 e. The second-order valence-electron chi connectivity index (χ2n) is 5.31. The molecule has 1 saturated heterocycles. The standard InChI is InChI=1S/C15H21N3O/c1-12-16-14-6-2-3-7-15(14)18(12)10-9-17-8-4-5-13(17)11-19/h2-3,6-7,13,19H,4-5,8-11H2,1H3/t13-/m1/s1. The summed E-state index contributed by atoms with van der Waals surface area (Å²) in [6.45, 7) is 5.39. The van der Waals surface area contributed by atoms with Crippen molar-refractivity contribution in [3.63, 3.8) is 0 Å². The normalized spacial score (nSPS) is 20.4. The van der Waals surface area contributed by atoms with E-state index in [2.05, 4.69) is 39.6 Å². The van der Waals surface area contributed by atoms with Crippen LogP contribution >= 0.6 is 0 Å². The van der Waals surface area contributed by atoms with E-state index in [4.69, 9.17) is 0 Å². The molecular weight excluding hydrogens is 238 g/mol. The van der Waals surface area contributed by atoms with Crippen LogP contribution in [0.25, 0.3) is 11.0 Å². The van der Waals surface area contributed by atoms with Gasteiger partial charge in [0.15, 0.2) is 0 Å². The highest BCUT2D eigenvalue weighted by Crippen LogP contribution is 2.19. The molecule has 0 saturated carbocycles. The van der Waals surface area contributed by atoms with Gasteiger partial charge >= 0.3 is 0 Å². The fraction of sp³-hybridized carbons (Fsp3) is 0.533. The summed E-state index contributed by atoms with van der Waals surface area (Å²) in [7, 11) is 0. The zero-order valence-corrected chi connectivity index (χ0v) is 11.4. The number of rotatable bonds is 4. The van der Waals surface area contributed by atoms with Crippen molar-refractivity contribution in [3.8, 4) is 0 Å². The lowest BCUT2D eigenvalue weighted by molar-refractivity contribution is 0.155. The Morgan fingerprint density at radius 3 is 3.00 bits per heavy atom. The highest BCUT2D eigenvalue weighted by Gasteiger charge is 2.23. The third-order valence-corrected chi connectivity index (χ3v) is 4.17. The van der Waals surface area contributed by atoms with Gasteiger partial charge in [-0.3, -0.25) is 4.90 Å². The first kappa shape index (κ1) is 12.6. The van der Waals surface area contributed by atoms with Crippen LogP contribution in [0.4, 0.5) is 0 Å². The smallest absolute Gasteiger partial charge is 0.106 e. The minimum absolute atomic E-state index is 0.281. The fourth-order valence-corrected chi connectivity index (χ4v) is 3.10. The summed E-state index contributed by atoms with van der Waals surface area (Å²) in [4.78, 5) is 6.99. The summed E-state index contributed by atoms with van der Waals surface area (Å²) in [6, 6.07) is 8.64. The van der Waals surface area contributed by atoms with Gasteiger partial charge in [-0.25, -0.2) is 4.98 Å². The van der Waals surface area contributed by atoms with E-state index < -0.39 is 0 Å². The molecule has 2 aromatic rings. The van der Waals surface area contributed by atoms with E-state index in [1.165, 1.54) is 11.9 Å². The number of aromatic nitrogens is 2. The van der Waals surface area contributed by atoms with Crippen LogP contribution < -0.4 is 0 Å². The molecule has 0 spiro atoms. The Morgan fingerprint density at radius 1 is 1.32 bits per heavy atom. The Kier molecular flexibility index (Phi) is 3.53. The second kappa shape index (κ2) is 5.31. The number of hydrogen-bond donors (Lipinski definition) is 1. The number of imidazole rings is 1. The number of fused-ring (bicyclic) bond motifs is 1. The number of aliphatic hydroxyl groups is 1. The first-order valence-electron chi connectivity index (χ1n) is 7.06. The molecule has 0 bridgehead atoms. The number of likely N-dealkylation sites (tertiary alicyclic amines) is 1. The first-order chi connectivity index (χ1) is 9.29. The molecule has 4 heteroatoms. The molecule has 2 heterocycles. The molecule has 1 aromatic heterocycles. The lowest BCUT2D eigenvalue weighted by Gasteiger charge is -2.23. The van der Waals surface area contributed by atoms with Gasteiger partial charge in [0.2, 0.25) is 0 Å². The molecule has 1 aliphatic rings. The summed E-state index contributed by atoms with van der Waals surface area (Å²) in [6.07, 6.45) is 2.33. The molecular formula is C15H21N3O. The number of aryl methyl sites for hydroxylation is 1. The van der Waals surface area contributed by atoms with Crippen molar-refractivity contribution >= 4 is 11.0 Å². The summed E-state index contributed by atoms with van der Waals surface area (Å²) in [5, 5.41) is 9.36. The summed E-state index contributed by atoms with van der Waals surface area (Å²) < 4.78 is 2.28. The Labute approximate surface area is 113 Å². The predicted octanol–water partition coefficient (Wildman–Crippen LogP) is 1.80. The van der Waals surface area contributed by atoms with Gasteiger partial charge in [-0.2, -0.15) is 0 Å². The van der Waals surface area contributed by atoms with Gasteiger partial charge in [-0.05, 0) is 38.4 Å². The average Bonchev–Trinajstić information content (AvgIpc) is 2.99. The van der Waals surface area contributed by atoms with Crippen LogP contribution in [0.5, 0.6) is 0 Å². The van der Waals surface area contributed by atoms with Gasteiger partial charge < -0.3 is 9.67 Å².